The SMILES string of the molecule is CC(=O)OC(=O)[CH2][Ti][CH2]C(=O)OC(C)=O. The minimum atomic E-state index is -0.903. The topological polar surface area (TPSA) is 86.7 Å². The molecule has 7 heteroatoms. The number of hydrogen-bond acceptors (Lipinski definition) is 6. The van der Waals surface area contributed by atoms with Crippen LogP contribution < -0.4 is 0 Å². The van der Waals surface area contributed by atoms with Gasteiger partial charge < -0.3 is 0 Å². The molecule has 0 rings (SSSR count). The zero-order valence-electron chi connectivity index (χ0n) is 8.36. The van der Waals surface area contributed by atoms with Gasteiger partial charge in [0.15, 0.2) is 0 Å². The van der Waals surface area contributed by atoms with Gasteiger partial charge in [-0.1, -0.05) is 0 Å². The summed E-state index contributed by atoms with van der Waals surface area (Å²) in [6.07, 6.45) is 0. The molecule has 0 aliphatic carbocycles. The zero-order chi connectivity index (χ0) is 11.8. The Bertz CT molecular complexity index is 257. The number of hydrogen-bond donors (Lipinski definition) is 0. The second-order valence-electron chi connectivity index (χ2n) is 2.53. The molecule has 0 unspecified atom stereocenters. The van der Waals surface area contributed by atoms with E-state index in [4.69, 9.17) is 0 Å². The molecule has 0 N–H and O–H groups in total. The summed E-state index contributed by atoms with van der Waals surface area (Å²) in [4.78, 5) is 42.3. The van der Waals surface area contributed by atoms with E-state index in [0.29, 0.717) is 0 Å². The number of ether oxygens (including phenoxy) is 2. The molecule has 0 aromatic carbocycles. The molecule has 0 aliphatic rings. The van der Waals surface area contributed by atoms with Crippen molar-refractivity contribution in [3.63, 3.8) is 0 Å². The molecule has 0 aromatic rings. The van der Waals surface area contributed by atoms with Crippen LogP contribution in [0.25, 0.3) is 0 Å². The quantitative estimate of drug-likeness (QED) is 0.399. The van der Waals surface area contributed by atoms with Gasteiger partial charge in [0.05, 0.1) is 0 Å². The standard InChI is InChI=1S/2C4H5O3.Ti/c2*1-3(5)7-4(2)6;/h2*1H2,2H3;. The van der Waals surface area contributed by atoms with Gasteiger partial charge >= 0.3 is 95.0 Å². The van der Waals surface area contributed by atoms with Crippen molar-refractivity contribution in [2.24, 2.45) is 0 Å². The van der Waals surface area contributed by atoms with Crippen LogP contribution >= 0.6 is 0 Å². The Kier molecular flexibility index (Phi) is 6.82. The Labute approximate surface area is 95.2 Å². The van der Waals surface area contributed by atoms with Crippen LogP contribution in [0.4, 0.5) is 0 Å². The van der Waals surface area contributed by atoms with E-state index in [2.05, 4.69) is 9.47 Å². The van der Waals surface area contributed by atoms with Crippen LogP contribution in [-0.2, 0) is 47.8 Å². The van der Waals surface area contributed by atoms with Crippen molar-refractivity contribution < 1.29 is 47.8 Å². The number of carbonyl (C=O) groups is 4. The van der Waals surface area contributed by atoms with Crippen molar-refractivity contribution in [3.05, 3.63) is 0 Å². The molecular formula is C8H10O6Ti. The molecule has 0 aromatic heterocycles. The van der Waals surface area contributed by atoms with Crippen LogP contribution in [0, 0.1) is 0 Å². The summed E-state index contributed by atoms with van der Waals surface area (Å²) in [6.45, 7) is 2.25. The van der Waals surface area contributed by atoms with Crippen LogP contribution in [-0.4, -0.2) is 23.9 Å². The molecule has 0 radical (unpaired) electrons. The van der Waals surface area contributed by atoms with Gasteiger partial charge in [-0.3, -0.25) is 0 Å². The van der Waals surface area contributed by atoms with E-state index in [-0.39, 0.29) is 9.45 Å². The molecule has 6 nitrogen and oxygen atoms in total. The fourth-order valence-corrected chi connectivity index (χ4v) is 1.72. The van der Waals surface area contributed by atoms with Gasteiger partial charge in [-0.25, -0.2) is 0 Å². The van der Waals surface area contributed by atoms with Crippen molar-refractivity contribution in [1.29, 1.82) is 0 Å². The molecule has 0 atom stereocenters. The number of carbonyl (C=O) groups excluding carboxylic acids is 4. The summed E-state index contributed by atoms with van der Waals surface area (Å²) in [5, 5.41) is 0. The first-order valence-electron chi connectivity index (χ1n) is 4.05. The molecule has 15 heavy (non-hydrogen) atoms. The molecule has 0 aliphatic heterocycles. The molecule has 0 saturated heterocycles. The monoisotopic (exact) mass is 250 g/mol. The molecule has 0 saturated carbocycles. The Morgan fingerprint density at radius 1 is 0.867 bits per heavy atom. The van der Waals surface area contributed by atoms with E-state index in [1.807, 2.05) is 0 Å². The van der Waals surface area contributed by atoms with Crippen LogP contribution in [0.5, 0.6) is 0 Å². The Hall–Kier alpha value is -1.01. The van der Waals surface area contributed by atoms with E-state index in [0.717, 1.165) is 13.8 Å². The van der Waals surface area contributed by atoms with Gasteiger partial charge in [0.25, 0.3) is 0 Å². The summed E-state index contributed by atoms with van der Waals surface area (Å²) in [6, 6.07) is 0. The molecular weight excluding hydrogens is 240 g/mol. The summed E-state index contributed by atoms with van der Waals surface area (Å²) >= 11 is -0.903. The van der Waals surface area contributed by atoms with E-state index in [9.17, 15) is 19.2 Å². The predicted octanol–water partition coefficient (Wildman–Crippen LogP) is 0.0849. The van der Waals surface area contributed by atoms with E-state index in [1.165, 1.54) is 0 Å². The maximum absolute atomic E-state index is 10.8. The first kappa shape index (κ1) is 14.0. The predicted molar refractivity (Wildman–Crippen MR) is 43.2 cm³/mol. The van der Waals surface area contributed by atoms with Crippen molar-refractivity contribution in [2.45, 2.75) is 23.3 Å². The molecule has 82 valence electrons. The molecule has 0 spiro atoms. The first-order valence-corrected chi connectivity index (χ1v) is 6.26. The molecule has 0 amide bonds. The van der Waals surface area contributed by atoms with Crippen molar-refractivity contribution in [1.82, 2.24) is 0 Å². The van der Waals surface area contributed by atoms with Gasteiger partial charge in [0, 0.05) is 0 Å². The second-order valence-corrected chi connectivity index (χ2v) is 4.42. The minimum absolute atomic E-state index is 0.0621. The summed E-state index contributed by atoms with van der Waals surface area (Å²) in [5.41, 5.74) is 0. The van der Waals surface area contributed by atoms with Crippen molar-refractivity contribution >= 4 is 23.9 Å². The van der Waals surface area contributed by atoms with E-state index in [1.54, 1.807) is 0 Å². The molecule has 0 fully saturated rings. The zero-order valence-corrected chi connectivity index (χ0v) is 9.93. The van der Waals surface area contributed by atoms with E-state index < -0.39 is 43.0 Å². The van der Waals surface area contributed by atoms with Gasteiger partial charge in [0.2, 0.25) is 0 Å². The summed E-state index contributed by atoms with van der Waals surface area (Å²) in [7, 11) is 0. The molecule has 0 bridgehead atoms. The van der Waals surface area contributed by atoms with Gasteiger partial charge in [-0.2, -0.15) is 0 Å². The summed E-state index contributed by atoms with van der Waals surface area (Å²) in [5.74, 6) is -2.62. The van der Waals surface area contributed by atoms with Crippen LogP contribution in [0.3, 0.4) is 0 Å². The van der Waals surface area contributed by atoms with Crippen LogP contribution in [0.15, 0.2) is 0 Å². The first-order chi connectivity index (χ1) is 6.91. The normalized spacial score (nSPS) is 8.93. The average Bonchev–Trinajstić information content (AvgIpc) is 2.00. The summed E-state index contributed by atoms with van der Waals surface area (Å²) < 4.78 is 8.62. The Morgan fingerprint density at radius 3 is 1.47 bits per heavy atom. The van der Waals surface area contributed by atoms with E-state index >= 15 is 0 Å². The van der Waals surface area contributed by atoms with Crippen LogP contribution in [0.1, 0.15) is 13.8 Å². The third kappa shape index (κ3) is 9.30. The Morgan fingerprint density at radius 2 is 1.20 bits per heavy atom. The molecule has 0 heterocycles. The van der Waals surface area contributed by atoms with Gasteiger partial charge in [-0.05, 0) is 0 Å². The average molecular weight is 250 g/mol. The van der Waals surface area contributed by atoms with Gasteiger partial charge in [-0.15, -0.1) is 0 Å². The fraction of sp³-hybridized carbons (Fsp3) is 0.500. The second kappa shape index (κ2) is 7.31. The maximum atomic E-state index is 10.8. The third-order valence-corrected chi connectivity index (χ3v) is 2.74. The Balaban J connectivity index is 3.61. The fourth-order valence-electron chi connectivity index (χ4n) is 0.659. The van der Waals surface area contributed by atoms with Crippen LogP contribution in [0.2, 0.25) is 9.45 Å². The van der Waals surface area contributed by atoms with Crippen molar-refractivity contribution in [3.8, 4) is 0 Å². The third-order valence-electron chi connectivity index (χ3n) is 1.05. The number of rotatable bonds is 4. The number of esters is 4. The van der Waals surface area contributed by atoms with Crippen molar-refractivity contribution in [2.75, 3.05) is 0 Å². The van der Waals surface area contributed by atoms with Gasteiger partial charge in [0.1, 0.15) is 0 Å².